The number of ketones is 1. The Morgan fingerprint density at radius 2 is 1.59 bits per heavy atom. The van der Waals surface area contributed by atoms with Crippen LogP contribution in [0.25, 0.3) is 0 Å². The molecule has 1 aliphatic heterocycles. The van der Waals surface area contributed by atoms with E-state index >= 15 is 0 Å². The highest BCUT2D eigenvalue weighted by Crippen LogP contribution is 2.36. The predicted molar refractivity (Wildman–Crippen MR) is 121 cm³/mol. The Labute approximate surface area is 187 Å². The number of para-hydroxylation sites is 1. The maximum Gasteiger partial charge on any atom is 0.338 e. The Morgan fingerprint density at radius 1 is 0.938 bits per heavy atom. The summed E-state index contributed by atoms with van der Waals surface area (Å²) < 4.78 is 33.6. The molecule has 2 unspecified atom stereocenters. The number of esters is 1. The standard InChI is InChI=1S/C25H23NO5S/c1-17-15-20-11-6-7-14-23(20)26(17)32(29,30)22-13-8-12-21(16-22)25(28)31-18(2)24(27)19-9-4-3-5-10-19/h3-14,16-18H,15H2,1-2H3. The molecule has 0 amide bonds. The highest BCUT2D eigenvalue weighted by molar-refractivity contribution is 7.92. The summed E-state index contributed by atoms with van der Waals surface area (Å²) in [6.45, 7) is 3.35. The van der Waals surface area contributed by atoms with E-state index in [2.05, 4.69) is 0 Å². The molecule has 0 N–H and O–H groups in total. The number of hydrogen-bond donors (Lipinski definition) is 0. The third-order valence-corrected chi connectivity index (χ3v) is 7.41. The fourth-order valence-electron chi connectivity index (χ4n) is 3.92. The van der Waals surface area contributed by atoms with E-state index in [-0.39, 0.29) is 22.3 Å². The SMILES string of the molecule is CC(OC(=O)c1cccc(S(=O)(=O)N2c3ccccc3CC2C)c1)C(=O)c1ccccc1. The molecule has 3 aromatic rings. The van der Waals surface area contributed by atoms with Gasteiger partial charge >= 0.3 is 5.97 Å². The Kier molecular flexibility index (Phi) is 5.84. The van der Waals surface area contributed by atoms with Gasteiger partial charge in [-0.15, -0.1) is 0 Å². The second-order valence-electron chi connectivity index (χ2n) is 7.79. The van der Waals surface area contributed by atoms with Crippen molar-refractivity contribution >= 4 is 27.5 Å². The summed E-state index contributed by atoms with van der Waals surface area (Å²) in [4.78, 5) is 25.2. The second-order valence-corrected chi connectivity index (χ2v) is 9.60. The number of ether oxygens (including phenoxy) is 1. The van der Waals surface area contributed by atoms with Gasteiger partial charge in [-0.25, -0.2) is 13.2 Å². The van der Waals surface area contributed by atoms with Crippen LogP contribution in [0, 0.1) is 0 Å². The lowest BCUT2D eigenvalue weighted by molar-refractivity contribution is 0.0318. The zero-order valence-corrected chi connectivity index (χ0v) is 18.6. The van der Waals surface area contributed by atoms with Crippen molar-refractivity contribution in [2.75, 3.05) is 4.31 Å². The van der Waals surface area contributed by atoms with Crippen molar-refractivity contribution in [3.63, 3.8) is 0 Å². The second kappa shape index (κ2) is 8.59. The molecule has 0 aliphatic carbocycles. The minimum absolute atomic E-state index is 0.00228. The zero-order chi connectivity index (χ0) is 22.9. The molecule has 1 heterocycles. The van der Waals surface area contributed by atoms with Gasteiger partial charge in [0.05, 0.1) is 16.1 Å². The van der Waals surface area contributed by atoms with E-state index in [0.717, 1.165) is 5.56 Å². The number of hydrogen-bond acceptors (Lipinski definition) is 5. The number of carbonyl (C=O) groups is 2. The van der Waals surface area contributed by atoms with Gasteiger partial charge in [-0.05, 0) is 50.1 Å². The third kappa shape index (κ3) is 4.03. The Bertz CT molecular complexity index is 1270. The molecule has 3 aromatic carbocycles. The average molecular weight is 450 g/mol. The van der Waals surface area contributed by atoms with E-state index in [1.807, 2.05) is 19.1 Å². The van der Waals surface area contributed by atoms with Crippen molar-refractivity contribution in [2.24, 2.45) is 0 Å². The molecule has 0 spiro atoms. The van der Waals surface area contributed by atoms with E-state index in [1.165, 1.54) is 35.5 Å². The van der Waals surface area contributed by atoms with Crippen LogP contribution in [0.2, 0.25) is 0 Å². The monoisotopic (exact) mass is 449 g/mol. The predicted octanol–water partition coefficient (Wildman–Crippen LogP) is 4.25. The fraction of sp³-hybridized carbons (Fsp3) is 0.200. The first-order chi connectivity index (χ1) is 15.3. The maximum atomic E-state index is 13.4. The summed E-state index contributed by atoms with van der Waals surface area (Å²) in [6.07, 6.45) is -0.383. The number of Topliss-reactive ketones (excluding diaryl/α,β-unsaturated/α-hetero) is 1. The smallest absolute Gasteiger partial charge is 0.338 e. The first-order valence-corrected chi connectivity index (χ1v) is 11.8. The molecule has 1 aliphatic rings. The van der Waals surface area contributed by atoms with Crippen LogP contribution >= 0.6 is 0 Å². The Hall–Kier alpha value is -3.45. The lowest BCUT2D eigenvalue weighted by Crippen LogP contribution is -2.35. The Balaban J connectivity index is 1.57. The van der Waals surface area contributed by atoms with Crippen molar-refractivity contribution in [1.82, 2.24) is 0 Å². The molecule has 164 valence electrons. The van der Waals surface area contributed by atoms with Crippen LogP contribution in [0.4, 0.5) is 5.69 Å². The Morgan fingerprint density at radius 3 is 2.34 bits per heavy atom. The molecule has 0 bridgehead atoms. The van der Waals surface area contributed by atoms with Gasteiger partial charge in [-0.1, -0.05) is 54.6 Å². The summed E-state index contributed by atoms with van der Waals surface area (Å²) in [5.41, 5.74) is 2.12. The first-order valence-electron chi connectivity index (χ1n) is 10.3. The van der Waals surface area contributed by atoms with E-state index in [1.54, 1.807) is 42.5 Å². The topological polar surface area (TPSA) is 80.8 Å². The van der Waals surface area contributed by atoms with Crippen LogP contribution < -0.4 is 4.31 Å². The van der Waals surface area contributed by atoms with Gasteiger partial charge < -0.3 is 4.74 Å². The van der Waals surface area contributed by atoms with E-state index in [0.29, 0.717) is 17.7 Å². The molecular weight excluding hydrogens is 426 g/mol. The van der Waals surface area contributed by atoms with Crippen molar-refractivity contribution in [3.8, 4) is 0 Å². The van der Waals surface area contributed by atoms with Crippen LogP contribution in [0.5, 0.6) is 0 Å². The lowest BCUT2D eigenvalue weighted by Gasteiger charge is -2.24. The number of anilines is 1. The molecule has 0 saturated carbocycles. The van der Waals surface area contributed by atoms with Gasteiger partial charge in [0.15, 0.2) is 6.10 Å². The molecule has 2 atom stereocenters. The molecule has 0 saturated heterocycles. The van der Waals surface area contributed by atoms with Gasteiger partial charge in [0.25, 0.3) is 10.0 Å². The summed E-state index contributed by atoms with van der Waals surface area (Å²) in [5, 5.41) is 0. The van der Waals surface area contributed by atoms with Crippen molar-refractivity contribution in [3.05, 3.63) is 95.6 Å². The number of fused-ring (bicyclic) bond motifs is 1. The molecule has 7 heteroatoms. The number of nitrogens with zero attached hydrogens (tertiary/aromatic N) is 1. The summed E-state index contributed by atoms with van der Waals surface area (Å²) >= 11 is 0. The highest BCUT2D eigenvalue weighted by atomic mass is 32.2. The number of benzene rings is 3. The lowest BCUT2D eigenvalue weighted by atomic mass is 10.1. The maximum absolute atomic E-state index is 13.4. The number of sulfonamides is 1. The quantitative estimate of drug-likeness (QED) is 0.415. The van der Waals surface area contributed by atoms with Crippen molar-refractivity contribution in [2.45, 2.75) is 37.3 Å². The molecule has 32 heavy (non-hydrogen) atoms. The van der Waals surface area contributed by atoms with Gasteiger partial charge in [-0.2, -0.15) is 0 Å². The summed E-state index contributed by atoms with van der Waals surface area (Å²) in [7, 11) is -3.89. The van der Waals surface area contributed by atoms with Crippen molar-refractivity contribution < 1.29 is 22.7 Å². The van der Waals surface area contributed by atoms with Crippen LogP contribution in [-0.2, 0) is 21.2 Å². The van der Waals surface area contributed by atoms with Gasteiger partial charge in [-0.3, -0.25) is 9.10 Å². The molecular formula is C25H23NO5S. The fourth-order valence-corrected chi connectivity index (χ4v) is 5.66. The number of carbonyl (C=O) groups excluding carboxylic acids is 2. The molecule has 0 aromatic heterocycles. The minimum Gasteiger partial charge on any atom is -0.451 e. The molecule has 4 rings (SSSR count). The average Bonchev–Trinajstić information content (AvgIpc) is 3.15. The third-order valence-electron chi connectivity index (χ3n) is 5.48. The van der Waals surface area contributed by atoms with Crippen LogP contribution in [0.1, 0.15) is 40.1 Å². The van der Waals surface area contributed by atoms with Gasteiger partial charge in [0.1, 0.15) is 0 Å². The normalized spacial score (nSPS) is 16.3. The minimum atomic E-state index is -3.89. The number of rotatable bonds is 6. The van der Waals surface area contributed by atoms with E-state index in [4.69, 9.17) is 4.74 Å². The van der Waals surface area contributed by atoms with Crippen LogP contribution in [-0.4, -0.2) is 32.3 Å². The summed E-state index contributed by atoms with van der Waals surface area (Å²) in [6, 6.07) is 21.4. The van der Waals surface area contributed by atoms with Gasteiger partial charge in [0.2, 0.25) is 5.78 Å². The van der Waals surface area contributed by atoms with Gasteiger partial charge in [0, 0.05) is 11.6 Å². The van der Waals surface area contributed by atoms with Crippen LogP contribution in [0.3, 0.4) is 0 Å². The van der Waals surface area contributed by atoms with Crippen LogP contribution in [0.15, 0.2) is 83.8 Å². The van der Waals surface area contributed by atoms with Crippen molar-refractivity contribution in [1.29, 1.82) is 0 Å². The molecule has 6 nitrogen and oxygen atoms in total. The van der Waals surface area contributed by atoms with E-state index < -0.39 is 22.1 Å². The molecule has 0 radical (unpaired) electrons. The molecule has 0 fully saturated rings. The summed E-state index contributed by atoms with van der Waals surface area (Å²) in [5.74, 6) is -1.08. The largest absolute Gasteiger partial charge is 0.451 e. The zero-order valence-electron chi connectivity index (χ0n) is 17.8. The highest BCUT2D eigenvalue weighted by Gasteiger charge is 2.36. The first kappa shape index (κ1) is 21.8. The van der Waals surface area contributed by atoms with E-state index in [9.17, 15) is 18.0 Å².